The molecule has 0 heterocycles. The van der Waals surface area contributed by atoms with E-state index in [4.69, 9.17) is 4.74 Å². The molecule has 0 saturated carbocycles. The number of ether oxygens (including phenoxy) is 1. The first-order valence-electron chi connectivity index (χ1n) is 7.31. The number of rotatable bonds is 7. The van der Waals surface area contributed by atoms with Gasteiger partial charge in [0.05, 0.1) is 18.1 Å². The lowest BCUT2D eigenvalue weighted by Crippen LogP contribution is -2.27. The predicted molar refractivity (Wildman–Crippen MR) is 91.0 cm³/mol. The fraction of sp³-hybridized carbons (Fsp3) is 0.294. The van der Waals surface area contributed by atoms with Crippen LogP contribution in [0.4, 0.5) is 11.4 Å². The molecule has 0 aliphatic heterocycles. The van der Waals surface area contributed by atoms with Gasteiger partial charge in [0.1, 0.15) is 11.4 Å². The van der Waals surface area contributed by atoms with Crippen molar-refractivity contribution < 1.29 is 9.66 Å². The maximum Gasteiger partial charge on any atom is 0.292 e. The number of benzene rings is 2. The molecule has 0 radical (unpaired) electrons. The number of likely N-dealkylation sites (N-methyl/N-ethyl adjacent to an activating group) is 1. The Morgan fingerprint density at radius 2 is 1.83 bits per heavy atom. The number of methoxy groups -OCH3 is 1. The summed E-state index contributed by atoms with van der Waals surface area (Å²) >= 11 is 0. The molecular weight excluding hydrogens is 294 g/mol. The number of hydrogen-bond donors (Lipinski definition) is 1. The maximum absolute atomic E-state index is 11.1. The van der Waals surface area contributed by atoms with Crippen molar-refractivity contribution in [2.75, 3.05) is 33.1 Å². The van der Waals surface area contributed by atoms with Crippen molar-refractivity contribution in [2.45, 2.75) is 6.04 Å². The summed E-state index contributed by atoms with van der Waals surface area (Å²) in [6.45, 7) is 0.526. The third kappa shape index (κ3) is 3.98. The summed E-state index contributed by atoms with van der Waals surface area (Å²) in [5.41, 5.74) is 1.62. The van der Waals surface area contributed by atoms with Crippen molar-refractivity contribution in [3.63, 3.8) is 0 Å². The Morgan fingerprint density at radius 3 is 2.48 bits per heavy atom. The Morgan fingerprint density at radius 1 is 1.17 bits per heavy atom. The SMILES string of the molecule is COc1ccccc1[C@H](CNc1ccccc1[N+](=O)[O-])N(C)C. The van der Waals surface area contributed by atoms with Crippen LogP contribution in [0.3, 0.4) is 0 Å². The Bertz CT molecular complexity index is 674. The van der Waals surface area contributed by atoms with Gasteiger partial charge in [0.25, 0.3) is 5.69 Å². The molecule has 0 bridgehead atoms. The number of hydrogen-bond acceptors (Lipinski definition) is 5. The van der Waals surface area contributed by atoms with Crippen LogP contribution in [0.15, 0.2) is 48.5 Å². The van der Waals surface area contributed by atoms with Crippen molar-refractivity contribution in [1.29, 1.82) is 0 Å². The van der Waals surface area contributed by atoms with E-state index in [1.165, 1.54) is 6.07 Å². The number of para-hydroxylation sites is 3. The molecule has 0 spiro atoms. The predicted octanol–water partition coefficient (Wildman–Crippen LogP) is 3.32. The minimum absolute atomic E-state index is 0.0194. The van der Waals surface area contributed by atoms with Gasteiger partial charge < -0.3 is 15.0 Å². The maximum atomic E-state index is 11.1. The van der Waals surface area contributed by atoms with E-state index < -0.39 is 0 Å². The fourth-order valence-electron chi connectivity index (χ4n) is 2.50. The van der Waals surface area contributed by atoms with Gasteiger partial charge in [-0.1, -0.05) is 30.3 Å². The zero-order valence-electron chi connectivity index (χ0n) is 13.5. The second-order valence-corrected chi connectivity index (χ2v) is 5.38. The molecule has 23 heavy (non-hydrogen) atoms. The lowest BCUT2D eigenvalue weighted by Gasteiger charge is -2.26. The molecule has 0 unspecified atom stereocenters. The van der Waals surface area contributed by atoms with E-state index >= 15 is 0 Å². The number of nitrogens with one attached hydrogen (secondary N) is 1. The first-order chi connectivity index (χ1) is 11.0. The van der Waals surface area contributed by atoms with E-state index in [1.54, 1.807) is 25.3 Å². The van der Waals surface area contributed by atoms with Gasteiger partial charge in [-0.25, -0.2) is 0 Å². The highest BCUT2D eigenvalue weighted by molar-refractivity contribution is 5.61. The molecule has 2 aromatic carbocycles. The van der Waals surface area contributed by atoms with Crippen molar-refractivity contribution in [1.82, 2.24) is 4.90 Å². The molecule has 1 N–H and O–H groups in total. The van der Waals surface area contributed by atoms with Crippen LogP contribution in [0.5, 0.6) is 5.75 Å². The van der Waals surface area contributed by atoms with Gasteiger partial charge in [0.15, 0.2) is 0 Å². The van der Waals surface area contributed by atoms with Crippen LogP contribution in [-0.4, -0.2) is 37.6 Å². The van der Waals surface area contributed by atoms with Gasteiger partial charge in [0, 0.05) is 18.2 Å². The van der Waals surface area contributed by atoms with Crippen LogP contribution in [0.2, 0.25) is 0 Å². The molecule has 1 atom stereocenters. The van der Waals surface area contributed by atoms with E-state index in [0.29, 0.717) is 12.2 Å². The number of nitro benzene ring substituents is 1. The Balaban J connectivity index is 2.23. The number of nitro groups is 1. The summed E-state index contributed by atoms with van der Waals surface area (Å²) in [7, 11) is 5.58. The average molecular weight is 315 g/mol. The summed E-state index contributed by atoms with van der Waals surface area (Å²) in [6.07, 6.45) is 0. The van der Waals surface area contributed by atoms with E-state index in [-0.39, 0.29) is 16.7 Å². The molecule has 6 nitrogen and oxygen atoms in total. The normalized spacial score (nSPS) is 12.0. The number of nitrogens with zero attached hydrogens (tertiary/aromatic N) is 2. The smallest absolute Gasteiger partial charge is 0.292 e. The molecule has 2 rings (SSSR count). The zero-order valence-corrected chi connectivity index (χ0v) is 13.5. The molecule has 0 aliphatic carbocycles. The van der Waals surface area contributed by atoms with E-state index in [9.17, 15) is 10.1 Å². The minimum atomic E-state index is -0.379. The standard InChI is InChI=1S/C17H21N3O3/c1-19(2)16(13-8-4-7-11-17(13)23-3)12-18-14-9-5-6-10-15(14)20(21)22/h4-11,16,18H,12H2,1-3H3/t16-/m0/s1. The molecule has 0 aromatic heterocycles. The molecule has 2 aromatic rings. The van der Waals surface area contributed by atoms with Crippen LogP contribution in [0, 0.1) is 10.1 Å². The van der Waals surface area contributed by atoms with Crippen LogP contribution >= 0.6 is 0 Å². The van der Waals surface area contributed by atoms with Crippen LogP contribution in [-0.2, 0) is 0 Å². The second-order valence-electron chi connectivity index (χ2n) is 5.38. The lowest BCUT2D eigenvalue weighted by atomic mass is 10.0. The topological polar surface area (TPSA) is 67.6 Å². The third-order valence-electron chi connectivity index (χ3n) is 3.71. The fourth-order valence-corrected chi connectivity index (χ4v) is 2.50. The third-order valence-corrected chi connectivity index (χ3v) is 3.71. The highest BCUT2D eigenvalue weighted by Gasteiger charge is 2.20. The molecule has 122 valence electrons. The molecule has 0 amide bonds. The van der Waals surface area contributed by atoms with Gasteiger partial charge in [-0.2, -0.15) is 0 Å². The monoisotopic (exact) mass is 315 g/mol. The highest BCUT2D eigenvalue weighted by atomic mass is 16.6. The first-order valence-corrected chi connectivity index (χ1v) is 7.31. The van der Waals surface area contributed by atoms with E-state index in [0.717, 1.165) is 11.3 Å². The van der Waals surface area contributed by atoms with Crippen molar-refractivity contribution in [3.8, 4) is 5.75 Å². The minimum Gasteiger partial charge on any atom is -0.496 e. The van der Waals surface area contributed by atoms with Crippen molar-refractivity contribution >= 4 is 11.4 Å². The number of anilines is 1. The van der Waals surface area contributed by atoms with E-state index in [1.807, 2.05) is 38.4 Å². The quantitative estimate of drug-likeness (QED) is 0.627. The van der Waals surface area contributed by atoms with Crippen LogP contribution in [0.1, 0.15) is 11.6 Å². The van der Waals surface area contributed by atoms with Gasteiger partial charge in [0.2, 0.25) is 0 Å². The van der Waals surface area contributed by atoms with Crippen molar-refractivity contribution in [3.05, 3.63) is 64.2 Å². The molecule has 6 heteroatoms. The largest absolute Gasteiger partial charge is 0.496 e. The molecule has 0 fully saturated rings. The van der Waals surface area contributed by atoms with Gasteiger partial charge in [-0.15, -0.1) is 0 Å². The summed E-state index contributed by atoms with van der Waals surface area (Å²) in [5, 5.41) is 14.3. The van der Waals surface area contributed by atoms with Crippen LogP contribution in [0.25, 0.3) is 0 Å². The first kappa shape index (κ1) is 16.8. The molecule has 0 saturated heterocycles. The van der Waals surface area contributed by atoms with Crippen molar-refractivity contribution in [2.24, 2.45) is 0 Å². The average Bonchev–Trinajstić information content (AvgIpc) is 2.55. The van der Waals surface area contributed by atoms with Crippen LogP contribution < -0.4 is 10.1 Å². The summed E-state index contributed by atoms with van der Waals surface area (Å²) in [5.74, 6) is 0.801. The summed E-state index contributed by atoms with van der Waals surface area (Å²) < 4.78 is 5.43. The van der Waals surface area contributed by atoms with Gasteiger partial charge >= 0.3 is 0 Å². The Labute approximate surface area is 135 Å². The molecule has 0 aliphatic rings. The summed E-state index contributed by atoms with van der Waals surface area (Å²) in [6, 6.07) is 14.5. The lowest BCUT2D eigenvalue weighted by molar-refractivity contribution is -0.384. The van der Waals surface area contributed by atoms with Gasteiger partial charge in [-0.05, 0) is 26.2 Å². The summed E-state index contributed by atoms with van der Waals surface area (Å²) in [4.78, 5) is 12.8. The van der Waals surface area contributed by atoms with Gasteiger partial charge in [-0.3, -0.25) is 10.1 Å². The second kappa shape index (κ2) is 7.60. The Kier molecular flexibility index (Phi) is 5.54. The zero-order chi connectivity index (χ0) is 16.8. The molecular formula is C17H21N3O3. The Hall–Kier alpha value is -2.60. The van der Waals surface area contributed by atoms with E-state index in [2.05, 4.69) is 10.2 Å². The highest BCUT2D eigenvalue weighted by Crippen LogP contribution is 2.29.